The summed E-state index contributed by atoms with van der Waals surface area (Å²) in [6, 6.07) is 18.7. The number of rotatable bonds is 7. The molecule has 164 valence electrons. The number of amides is 1. The van der Waals surface area contributed by atoms with E-state index in [4.69, 9.17) is 16.3 Å². The lowest BCUT2D eigenvalue weighted by Crippen LogP contribution is -2.56. The number of likely N-dealkylation sites (tertiary alicyclic amines) is 2. The molecule has 0 radical (unpaired) electrons. The highest BCUT2D eigenvalue weighted by Crippen LogP contribution is 2.32. The highest BCUT2D eigenvalue weighted by Gasteiger charge is 2.38. The fraction of sp³-hybridized carbons (Fsp3) is 0.423. The van der Waals surface area contributed by atoms with Crippen LogP contribution < -0.4 is 4.74 Å². The highest BCUT2D eigenvalue weighted by atomic mass is 35.5. The van der Waals surface area contributed by atoms with E-state index in [0.29, 0.717) is 24.3 Å². The molecule has 2 aliphatic heterocycles. The van der Waals surface area contributed by atoms with Crippen LogP contribution in [0.2, 0.25) is 0 Å². The van der Waals surface area contributed by atoms with Gasteiger partial charge in [-0.2, -0.15) is 0 Å². The lowest BCUT2D eigenvalue weighted by molar-refractivity contribution is -0.140. The Morgan fingerprint density at radius 2 is 2.00 bits per heavy atom. The summed E-state index contributed by atoms with van der Waals surface area (Å²) in [5, 5.41) is 0.867. The zero-order valence-corrected chi connectivity index (χ0v) is 18.9. The molecule has 2 saturated heterocycles. The van der Waals surface area contributed by atoms with Crippen LogP contribution in [0.5, 0.6) is 5.75 Å². The molecule has 0 N–H and O–H groups in total. The number of carbonyl (C=O) groups excluding carboxylic acids is 1. The first-order valence-electron chi connectivity index (χ1n) is 11.2. The molecule has 0 saturated carbocycles. The van der Waals surface area contributed by atoms with Crippen molar-refractivity contribution in [3.8, 4) is 5.75 Å². The van der Waals surface area contributed by atoms with Crippen LogP contribution in [0.4, 0.5) is 0 Å². The predicted octanol–water partition coefficient (Wildman–Crippen LogP) is 4.83. The molecule has 0 spiro atoms. The summed E-state index contributed by atoms with van der Waals surface area (Å²) in [6.07, 6.45) is 5.57. The molecule has 2 heterocycles. The third kappa shape index (κ3) is 5.69. The van der Waals surface area contributed by atoms with Crippen LogP contribution >= 0.6 is 11.6 Å². The van der Waals surface area contributed by atoms with E-state index in [1.165, 1.54) is 5.56 Å². The van der Waals surface area contributed by atoms with E-state index in [9.17, 15) is 4.79 Å². The Bertz CT molecular complexity index is 915. The van der Waals surface area contributed by atoms with Crippen LogP contribution in [0.1, 0.15) is 30.4 Å². The van der Waals surface area contributed by atoms with Gasteiger partial charge in [-0.3, -0.25) is 9.69 Å². The van der Waals surface area contributed by atoms with Crippen molar-refractivity contribution in [2.24, 2.45) is 5.92 Å². The van der Waals surface area contributed by atoms with Gasteiger partial charge in [0.2, 0.25) is 5.91 Å². The summed E-state index contributed by atoms with van der Waals surface area (Å²) >= 11 is 6.56. The van der Waals surface area contributed by atoms with Gasteiger partial charge in [0.05, 0.1) is 7.11 Å². The molecule has 4 nitrogen and oxygen atoms in total. The SMILES string of the molecule is COc1cccc(CCN2C(=O)CC[C@@H]3CN(CC(Cl)=Cc4ccccc4)CC[C@@H]32)c1. The van der Waals surface area contributed by atoms with Gasteiger partial charge >= 0.3 is 0 Å². The van der Waals surface area contributed by atoms with Gasteiger partial charge in [0, 0.05) is 43.7 Å². The van der Waals surface area contributed by atoms with Gasteiger partial charge in [-0.1, -0.05) is 54.1 Å². The summed E-state index contributed by atoms with van der Waals surface area (Å²) in [7, 11) is 1.69. The van der Waals surface area contributed by atoms with E-state index in [1.54, 1.807) is 7.11 Å². The molecular weight excluding hydrogens is 408 g/mol. The normalized spacial score (nSPS) is 22.3. The Balaban J connectivity index is 1.35. The number of fused-ring (bicyclic) bond motifs is 1. The van der Waals surface area contributed by atoms with E-state index in [2.05, 4.69) is 40.1 Å². The summed E-state index contributed by atoms with van der Waals surface area (Å²) in [6.45, 7) is 3.54. The second-order valence-electron chi connectivity index (χ2n) is 8.58. The summed E-state index contributed by atoms with van der Waals surface area (Å²) in [5.41, 5.74) is 2.35. The third-order valence-electron chi connectivity index (χ3n) is 6.50. The van der Waals surface area contributed by atoms with Gasteiger partial charge in [0.1, 0.15) is 5.75 Å². The lowest BCUT2D eigenvalue weighted by Gasteiger charge is -2.47. The number of nitrogens with zero attached hydrogens (tertiary/aromatic N) is 2. The van der Waals surface area contributed by atoms with Crippen molar-refractivity contribution in [1.29, 1.82) is 0 Å². The Hall–Kier alpha value is -2.30. The number of halogens is 1. The van der Waals surface area contributed by atoms with Crippen LogP contribution in [-0.4, -0.2) is 55.0 Å². The Kier molecular flexibility index (Phi) is 7.31. The first-order valence-corrected chi connectivity index (χ1v) is 11.6. The molecule has 2 aromatic rings. The lowest BCUT2D eigenvalue weighted by atomic mass is 9.83. The standard InChI is InChI=1S/C26H31ClN2O2/c1-31-24-9-5-8-21(17-24)12-15-29-25-13-14-28(18-22(25)10-11-26(29)30)19-23(27)16-20-6-3-2-4-7-20/h2-9,16-17,22,25H,10-15,18-19H2,1H3/t22-,25+/m1/s1. The fourth-order valence-corrected chi connectivity index (χ4v) is 5.22. The largest absolute Gasteiger partial charge is 0.497 e. The molecule has 31 heavy (non-hydrogen) atoms. The molecule has 2 fully saturated rings. The molecule has 5 heteroatoms. The minimum atomic E-state index is 0.305. The van der Waals surface area contributed by atoms with Gasteiger partial charge in [0.25, 0.3) is 0 Å². The second-order valence-corrected chi connectivity index (χ2v) is 9.07. The zero-order valence-electron chi connectivity index (χ0n) is 18.2. The van der Waals surface area contributed by atoms with Gasteiger partial charge in [-0.15, -0.1) is 0 Å². The van der Waals surface area contributed by atoms with E-state index < -0.39 is 0 Å². The molecule has 0 aromatic heterocycles. The Morgan fingerprint density at radius 3 is 2.81 bits per heavy atom. The van der Waals surface area contributed by atoms with Gasteiger partial charge in [0.15, 0.2) is 0 Å². The van der Waals surface area contributed by atoms with Crippen molar-refractivity contribution < 1.29 is 9.53 Å². The van der Waals surface area contributed by atoms with E-state index in [-0.39, 0.29) is 0 Å². The molecule has 2 aromatic carbocycles. The fourth-order valence-electron chi connectivity index (χ4n) is 4.93. The Morgan fingerprint density at radius 1 is 1.16 bits per heavy atom. The number of benzene rings is 2. The van der Waals surface area contributed by atoms with E-state index >= 15 is 0 Å². The third-order valence-corrected chi connectivity index (χ3v) is 6.73. The first kappa shape index (κ1) is 21.9. The summed E-state index contributed by atoms with van der Waals surface area (Å²) < 4.78 is 5.33. The van der Waals surface area contributed by atoms with Crippen molar-refractivity contribution in [2.75, 3.05) is 33.3 Å². The molecule has 2 aliphatic rings. The monoisotopic (exact) mass is 438 g/mol. The molecule has 0 bridgehead atoms. The average molecular weight is 439 g/mol. The molecule has 0 aliphatic carbocycles. The number of ether oxygens (including phenoxy) is 1. The van der Waals surface area contributed by atoms with E-state index in [0.717, 1.165) is 61.8 Å². The van der Waals surface area contributed by atoms with Crippen molar-refractivity contribution in [1.82, 2.24) is 9.80 Å². The maximum Gasteiger partial charge on any atom is 0.222 e. The van der Waals surface area contributed by atoms with Gasteiger partial charge < -0.3 is 9.64 Å². The molecule has 2 atom stereocenters. The Labute approximate surface area is 190 Å². The minimum Gasteiger partial charge on any atom is -0.497 e. The van der Waals surface area contributed by atoms with E-state index in [1.807, 2.05) is 30.3 Å². The van der Waals surface area contributed by atoms with Gasteiger partial charge in [-0.05, 0) is 54.5 Å². The van der Waals surface area contributed by atoms with Crippen LogP contribution in [0.25, 0.3) is 6.08 Å². The van der Waals surface area contributed by atoms with Gasteiger partial charge in [-0.25, -0.2) is 0 Å². The van der Waals surface area contributed by atoms with Crippen LogP contribution in [0.3, 0.4) is 0 Å². The zero-order chi connectivity index (χ0) is 21.6. The first-order chi connectivity index (χ1) is 15.1. The van der Waals surface area contributed by atoms with Crippen LogP contribution in [0, 0.1) is 5.92 Å². The quantitative estimate of drug-likeness (QED) is 0.620. The molecule has 0 unspecified atom stereocenters. The average Bonchev–Trinajstić information content (AvgIpc) is 2.79. The van der Waals surface area contributed by atoms with Crippen molar-refractivity contribution >= 4 is 23.6 Å². The predicted molar refractivity (Wildman–Crippen MR) is 126 cm³/mol. The number of methoxy groups -OCH3 is 1. The van der Waals surface area contributed by atoms with Crippen LogP contribution in [0.15, 0.2) is 59.6 Å². The van der Waals surface area contributed by atoms with Crippen molar-refractivity contribution in [2.45, 2.75) is 31.7 Å². The second kappa shape index (κ2) is 10.3. The number of hydrogen-bond donors (Lipinski definition) is 0. The highest BCUT2D eigenvalue weighted by molar-refractivity contribution is 6.31. The number of carbonyl (C=O) groups is 1. The van der Waals surface area contributed by atoms with Crippen LogP contribution in [-0.2, 0) is 11.2 Å². The topological polar surface area (TPSA) is 32.8 Å². The van der Waals surface area contributed by atoms with Crippen molar-refractivity contribution in [3.63, 3.8) is 0 Å². The smallest absolute Gasteiger partial charge is 0.222 e. The molecule has 4 rings (SSSR count). The minimum absolute atomic E-state index is 0.305. The van der Waals surface area contributed by atoms with Crippen molar-refractivity contribution in [3.05, 3.63) is 70.8 Å². The molecular formula is C26H31ClN2O2. The number of piperidine rings is 2. The summed E-state index contributed by atoms with van der Waals surface area (Å²) in [4.78, 5) is 17.3. The maximum absolute atomic E-state index is 12.7. The number of hydrogen-bond acceptors (Lipinski definition) is 3. The molecule has 1 amide bonds. The summed E-state index contributed by atoms with van der Waals surface area (Å²) in [5.74, 6) is 1.70. The maximum atomic E-state index is 12.7.